The summed E-state index contributed by atoms with van der Waals surface area (Å²) in [5, 5.41) is 1.03. The van der Waals surface area contributed by atoms with Crippen molar-refractivity contribution < 1.29 is 9.59 Å². The molecule has 1 aromatic rings. The first-order valence-electron chi connectivity index (χ1n) is 4.78. The summed E-state index contributed by atoms with van der Waals surface area (Å²) in [7, 11) is 0. The third-order valence-electron chi connectivity index (χ3n) is 2.13. The van der Waals surface area contributed by atoms with Gasteiger partial charge in [0.1, 0.15) is 0 Å². The van der Waals surface area contributed by atoms with Crippen LogP contribution in [0.15, 0.2) is 24.3 Å². The second-order valence-electron chi connectivity index (χ2n) is 3.11. The van der Waals surface area contributed by atoms with Gasteiger partial charge in [-0.3, -0.25) is 20.0 Å². The highest BCUT2D eigenvalue weighted by molar-refractivity contribution is 6.06. The van der Waals surface area contributed by atoms with Gasteiger partial charge in [-0.05, 0) is 19.1 Å². The molecule has 16 heavy (non-hydrogen) atoms. The number of nitrogen functional groups attached to an aromatic ring is 1. The molecular formula is C10H14N4O2. The Morgan fingerprint density at radius 1 is 1.31 bits per heavy atom. The largest absolute Gasteiger partial charge is 0.290 e. The predicted molar refractivity (Wildman–Crippen MR) is 59.0 cm³/mol. The maximum atomic E-state index is 11.8. The van der Waals surface area contributed by atoms with E-state index in [1.807, 2.05) is 5.43 Å². The third kappa shape index (κ3) is 2.36. The second-order valence-corrected chi connectivity index (χ2v) is 3.11. The van der Waals surface area contributed by atoms with E-state index in [1.54, 1.807) is 19.1 Å². The lowest BCUT2D eigenvalue weighted by molar-refractivity contribution is 0.0757. The van der Waals surface area contributed by atoms with Gasteiger partial charge in [0.15, 0.2) is 0 Å². The number of hydrazine groups is 2. The Hall–Kier alpha value is -1.92. The Balaban J connectivity index is 3.13. The molecule has 0 bridgehead atoms. The first-order valence-corrected chi connectivity index (χ1v) is 4.78. The summed E-state index contributed by atoms with van der Waals surface area (Å²) >= 11 is 0. The SMILES string of the molecule is CCN(N)C(=O)c1ccccc1C(=O)NN. The zero-order valence-corrected chi connectivity index (χ0v) is 8.93. The standard InChI is InChI=1S/C10H14N4O2/c1-2-14(12)10(16)8-6-4-3-5-7(8)9(15)13-11/h3-6H,2,11-12H2,1H3,(H,13,15). The molecule has 0 fully saturated rings. The van der Waals surface area contributed by atoms with Crippen LogP contribution in [0.1, 0.15) is 27.6 Å². The Bertz CT molecular complexity index is 406. The van der Waals surface area contributed by atoms with Crippen LogP contribution >= 0.6 is 0 Å². The topological polar surface area (TPSA) is 101 Å². The maximum Gasteiger partial charge on any atom is 0.268 e. The van der Waals surface area contributed by atoms with Crippen molar-refractivity contribution in [3.8, 4) is 0 Å². The molecule has 0 aliphatic heterocycles. The molecule has 0 spiro atoms. The van der Waals surface area contributed by atoms with Crippen LogP contribution in [0, 0.1) is 0 Å². The lowest BCUT2D eigenvalue weighted by atomic mass is 10.1. The maximum absolute atomic E-state index is 11.8. The van der Waals surface area contributed by atoms with Crippen molar-refractivity contribution in [3.05, 3.63) is 35.4 Å². The fraction of sp³-hybridized carbons (Fsp3) is 0.200. The molecule has 0 radical (unpaired) electrons. The lowest BCUT2D eigenvalue weighted by Crippen LogP contribution is -2.39. The van der Waals surface area contributed by atoms with Crippen LogP contribution in [-0.4, -0.2) is 23.4 Å². The Morgan fingerprint density at radius 2 is 1.88 bits per heavy atom. The number of carbonyl (C=O) groups is 2. The number of amides is 2. The van der Waals surface area contributed by atoms with Crippen LogP contribution in [0.25, 0.3) is 0 Å². The van der Waals surface area contributed by atoms with E-state index in [1.165, 1.54) is 12.1 Å². The monoisotopic (exact) mass is 222 g/mol. The third-order valence-corrected chi connectivity index (χ3v) is 2.13. The summed E-state index contributed by atoms with van der Waals surface area (Å²) in [6.45, 7) is 2.10. The Morgan fingerprint density at radius 3 is 2.38 bits per heavy atom. The highest BCUT2D eigenvalue weighted by Crippen LogP contribution is 2.10. The molecule has 0 unspecified atom stereocenters. The fourth-order valence-corrected chi connectivity index (χ4v) is 1.24. The van der Waals surface area contributed by atoms with Crippen molar-refractivity contribution in [3.63, 3.8) is 0 Å². The zero-order valence-electron chi connectivity index (χ0n) is 8.93. The minimum Gasteiger partial charge on any atom is -0.290 e. The van der Waals surface area contributed by atoms with Crippen molar-refractivity contribution in [2.75, 3.05) is 6.54 Å². The number of nitrogens with two attached hydrogens (primary N) is 2. The number of rotatable bonds is 3. The van der Waals surface area contributed by atoms with Crippen molar-refractivity contribution in [1.82, 2.24) is 10.4 Å². The van der Waals surface area contributed by atoms with E-state index in [-0.39, 0.29) is 11.1 Å². The Labute approximate surface area is 93.1 Å². The zero-order chi connectivity index (χ0) is 12.1. The number of benzene rings is 1. The van der Waals surface area contributed by atoms with Crippen molar-refractivity contribution in [2.24, 2.45) is 11.7 Å². The van der Waals surface area contributed by atoms with Gasteiger partial charge in [-0.2, -0.15) is 0 Å². The quantitative estimate of drug-likeness (QED) is 0.369. The second kappa shape index (κ2) is 5.24. The molecule has 2 amide bonds. The lowest BCUT2D eigenvalue weighted by Gasteiger charge is -2.15. The molecule has 5 N–H and O–H groups in total. The van der Waals surface area contributed by atoms with Gasteiger partial charge in [0.05, 0.1) is 11.1 Å². The van der Waals surface area contributed by atoms with Crippen molar-refractivity contribution in [2.45, 2.75) is 6.92 Å². The van der Waals surface area contributed by atoms with Gasteiger partial charge in [-0.25, -0.2) is 11.7 Å². The molecule has 1 rings (SSSR count). The van der Waals surface area contributed by atoms with Gasteiger partial charge in [0, 0.05) is 6.54 Å². The van der Waals surface area contributed by atoms with E-state index in [0.29, 0.717) is 6.54 Å². The summed E-state index contributed by atoms with van der Waals surface area (Å²) in [4.78, 5) is 23.2. The molecule has 0 saturated heterocycles. The van der Waals surface area contributed by atoms with Gasteiger partial charge in [-0.1, -0.05) is 12.1 Å². The average Bonchev–Trinajstić information content (AvgIpc) is 2.35. The van der Waals surface area contributed by atoms with E-state index in [0.717, 1.165) is 5.01 Å². The van der Waals surface area contributed by atoms with Crippen molar-refractivity contribution >= 4 is 11.8 Å². The number of hydrogen-bond acceptors (Lipinski definition) is 4. The summed E-state index contributed by atoms with van der Waals surface area (Å²) in [5.41, 5.74) is 2.42. The fourth-order valence-electron chi connectivity index (χ4n) is 1.24. The van der Waals surface area contributed by atoms with Crippen LogP contribution in [0.2, 0.25) is 0 Å². The van der Waals surface area contributed by atoms with Crippen LogP contribution in [-0.2, 0) is 0 Å². The molecule has 0 saturated carbocycles. The van der Waals surface area contributed by atoms with Crippen LogP contribution in [0.5, 0.6) is 0 Å². The molecule has 1 aromatic carbocycles. The number of carbonyl (C=O) groups excluding carboxylic acids is 2. The summed E-state index contributed by atoms with van der Waals surface area (Å²) in [6.07, 6.45) is 0. The smallest absolute Gasteiger partial charge is 0.268 e. The van der Waals surface area contributed by atoms with E-state index in [4.69, 9.17) is 11.7 Å². The minimum absolute atomic E-state index is 0.207. The molecule has 0 aliphatic carbocycles. The molecule has 86 valence electrons. The van der Waals surface area contributed by atoms with E-state index < -0.39 is 11.8 Å². The first-order chi connectivity index (χ1) is 7.61. The highest BCUT2D eigenvalue weighted by Gasteiger charge is 2.18. The van der Waals surface area contributed by atoms with Gasteiger partial charge >= 0.3 is 0 Å². The molecule has 6 heteroatoms. The van der Waals surface area contributed by atoms with Gasteiger partial charge < -0.3 is 0 Å². The molecule has 6 nitrogen and oxygen atoms in total. The normalized spacial score (nSPS) is 9.69. The van der Waals surface area contributed by atoms with E-state index in [2.05, 4.69) is 0 Å². The number of hydrogen-bond donors (Lipinski definition) is 3. The Kier molecular flexibility index (Phi) is 3.98. The molecule has 0 aromatic heterocycles. The van der Waals surface area contributed by atoms with Crippen LogP contribution in [0.3, 0.4) is 0 Å². The van der Waals surface area contributed by atoms with Gasteiger partial charge in [0.2, 0.25) is 0 Å². The van der Waals surface area contributed by atoms with Crippen LogP contribution < -0.4 is 17.1 Å². The van der Waals surface area contributed by atoms with Crippen molar-refractivity contribution in [1.29, 1.82) is 0 Å². The van der Waals surface area contributed by atoms with E-state index >= 15 is 0 Å². The number of nitrogens with one attached hydrogen (secondary N) is 1. The molecular weight excluding hydrogens is 208 g/mol. The highest BCUT2D eigenvalue weighted by atomic mass is 16.2. The molecule has 0 atom stereocenters. The molecule has 0 heterocycles. The minimum atomic E-state index is -0.520. The summed E-state index contributed by atoms with van der Waals surface area (Å²) in [6, 6.07) is 6.35. The summed E-state index contributed by atoms with van der Waals surface area (Å²) < 4.78 is 0. The first kappa shape index (κ1) is 12.2. The van der Waals surface area contributed by atoms with E-state index in [9.17, 15) is 9.59 Å². The summed E-state index contributed by atoms with van der Waals surface area (Å²) in [5.74, 6) is 9.57. The van der Waals surface area contributed by atoms with Gasteiger partial charge in [0.25, 0.3) is 11.8 Å². The predicted octanol–water partition coefficient (Wildman–Crippen LogP) is -0.374. The number of nitrogens with zero attached hydrogens (tertiary/aromatic N) is 1. The average molecular weight is 222 g/mol. The van der Waals surface area contributed by atoms with Gasteiger partial charge in [-0.15, -0.1) is 0 Å². The van der Waals surface area contributed by atoms with Crippen LogP contribution in [0.4, 0.5) is 0 Å². The molecule has 0 aliphatic rings.